The Morgan fingerprint density at radius 2 is 1.83 bits per heavy atom. The second-order valence-corrected chi connectivity index (χ2v) is 7.10. The predicted molar refractivity (Wildman–Crippen MR) is 115 cm³/mol. The summed E-state index contributed by atoms with van der Waals surface area (Å²) in [5, 5.41) is 7.05. The number of unbranched alkanes of at least 4 members (excludes halogenated alkanes) is 1. The third-order valence-electron chi connectivity index (χ3n) is 4.92. The Bertz CT molecular complexity index is 351. The Labute approximate surface area is 166 Å². The van der Waals surface area contributed by atoms with Gasteiger partial charge >= 0.3 is 0 Å². The van der Waals surface area contributed by atoms with Crippen molar-refractivity contribution in [2.24, 2.45) is 4.99 Å². The van der Waals surface area contributed by atoms with Gasteiger partial charge in [0.15, 0.2) is 5.96 Å². The second-order valence-electron chi connectivity index (χ2n) is 7.10. The zero-order valence-corrected chi connectivity index (χ0v) is 18.2. The molecule has 1 aliphatic heterocycles. The number of nitrogens with zero attached hydrogens (tertiary/aromatic N) is 3. The topological polar surface area (TPSA) is 42.9 Å². The molecule has 1 saturated heterocycles. The molecule has 1 saturated carbocycles. The van der Waals surface area contributed by atoms with Crippen LogP contribution < -0.4 is 10.6 Å². The molecule has 2 rings (SSSR count). The van der Waals surface area contributed by atoms with Crippen molar-refractivity contribution in [1.82, 2.24) is 20.4 Å². The molecule has 2 N–H and O–H groups in total. The van der Waals surface area contributed by atoms with Gasteiger partial charge in [-0.05, 0) is 52.6 Å². The monoisotopic (exact) mass is 451 g/mol. The normalized spacial score (nSPS) is 20.1. The van der Waals surface area contributed by atoms with Crippen LogP contribution in [0.4, 0.5) is 0 Å². The van der Waals surface area contributed by atoms with Crippen LogP contribution >= 0.6 is 24.0 Å². The predicted octanol–water partition coefficient (Wildman–Crippen LogP) is 2.52. The first-order valence-corrected chi connectivity index (χ1v) is 9.70. The number of hydrogen-bond acceptors (Lipinski definition) is 3. The van der Waals surface area contributed by atoms with E-state index in [1.165, 1.54) is 58.2 Å². The Morgan fingerprint density at radius 3 is 2.42 bits per heavy atom. The summed E-state index contributed by atoms with van der Waals surface area (Å²) in [5.74, 6) is 1.00. The first kappa shape index (κ1) is 22.0. The number of rotatable bonds is 9. The minimum Gasteiger partial charge on any atom is -0.357 e. The van der Waals surface area contributed by atoms with E-state index in [-0.39, 0.29) is 24.0 Å². The molecule has 142 valence electrons. The summed E-state index contributed by atoms with van der Waals surface area (Å²) < 4.78 is 0. The van der Waals surface area contributed by atoms with E-state index in [9.17, 15) is 0 Å². The van der Waals surface area contributed by atoms with Gasteiger partial charge in [-0.2, -0.15) is 0 Å². The fourth-order valence-electron chi connectivity index (χ4n) is 3.23. The van der Waals surface area contributed by atoms with Crippen LogP contribution in [-0.2, 0) is 0 Å². The quantitative estimate of drug-likeness (QED) is 0.321. The molecule has 6 heteroatoms. The summed E-state index contributed by atoms with van der Waals surface area (Å²) in [5.41, 5.74) is 0. The van der Waals surface area contributed by atoms with E-state index in [2.05, 4.69) is 41.3 Å². The van der Waals surface area contributed by atoms with Gasteiger partial charge in [0.05, 0.1) is 6.54 Å². The van der Waals surface area contributed by atoms with E-state index in [1.54, 1.807) is 0 Å². The van der Waals surface area contributed by atoms with Crippen LogP contribution in [0.25, 0.3) is 0 Å². The minimum absolute atomic E-state index is 0. The molecule has 1 aliphatic carbocycles. The molecule has 0 aromatic rings. The number of likely N-dealkylation sites (N-methyl/N-ethyl adjacent to an activating group) is 1. The smallest absolute Gasteiger partial charge is 0.191 e. The number of nitrogens with one attached hydrogen (secondary N) is 2. The van der Waals surface area contributed by atoms with Crippen molar-refractivity contribution in [1.29, 1.82) is 0 Å². The van der Waals surface area contributed by atoms with Gasteiger partial charge in [-0.1, -0.05) is 13.3 Å². The van der Waals surface area contributed by atoms with Gasteiger partial charge in [-0.3, -0.25) is 4.99 Å². The first-order valence-electron chi connectivity index (χ1n) is 9.70. The van der Waals surface area contributed by atoms with Crippen molar-refractivity contribution >= 4 is 29.9 Å². The van der Waals surface area contributed by atoms with Crippen LogP contribution in [0.1, 0.15) is 52.4 Å². The zero-order chi connectivity index (χ0) is 16.5. The molecule has 0 bridgehead atoms. The van der Waals surface area contributed by atoms with Crippen molar-refractivity contribution in [2.75, 3.05) is 46.3 Å². The van der Waals surface area contributed by atoms with Gasteiger partial charge in [0.25, 0.3) is 0 Å². The molecule has 0 aromatic heterocycles. The number of aliphatic imine (C=N–C) groups is 1. The lowest BCUT2D eigenvalue weighted by molar-refractivity contribution is 0.197. The lowest BCUT2D eigenvalue weighted by Crippen LogP contribution is -2.49. The number of halogens is 1. The Hall–Kier alpha value is -0.0800. The van der Waals surface area contributed by atoms with Gasteiger partial charge in [-0.15, -0.1) is 24.0 Å². The Morgan fingerprint density at radius 1 is 1.12 bits per heavy atom. The molecule has 1 heterocycles. The maximum atomic E-state index is 4.76. The molecule has 2 fully saturated rings. The van der Waals surface area contributed by atoms with Crippen molar-refractivity contribution in [3.63, 3.8) is 0 Å². The van der Waals surface area contributed by atoms with E-state index in [0.29, 0.717) is 6.04 Å². The van der Waals surface area contributed by atoms with E-state index in [4.69, 9.17) is 4.99 Å². The highest BCUT2D eigenvalue weighted by atomic mass is 127. The number of guanidine groups is 1. The van der Waals surface area contributed by atoms with Crippen molar-refractivity contribution in [3.8, 4) is 0 Å². The molecule has 0 aromatic carbocycles. The van der Waals surface area contributed by atoms with Gasteiger partial charge in [0, 0.05) is 38.3 Å². The standard InChI is InChI=1S/C18H37N5.HI/c1-4-6-12-22(3)15-11-20-18(19-5-2)21-16-9-13-23(14-10-16)17-7-8-17;/h16-17H,4-15H2,1-3H3,(H2,19,20,21);1H. The Balaban J connectivity index is 0.00000288. The largest absolute Gasteiger partial charge is 0.357 e. The van der Waals surface area contributed by atoms with Crippen molar-refractivity contribution in [3.05, 3.63) is 0 Å². The zero-order valence-electron chi connectivity index (χ0n) is 15.9. The lowest BCUT2D eigenvalue weighted by atomic mass is 10.1. The molecule has 0 radical (unpaired) electrons. The van der Waals surface area contributed by atoms with E-state index in [0.717, 1.165) is 31.6 Å². The fraction of sp³-hybridized carbons (Fsp3) is 0.944. The maximum absolute atomic E-state index is 4.76. The summed E-state index contributed by atoms with van der Waals surface area (Å²) in [4.78, 5) is 9.81. The lowest BCUT2D eigenvalue weighted by Gasteiger charge is -2.33. The maximum Gasteiger partial charge on any atom is 0.191 e. The number of hydrogen-bond donors (Lipinski definition) is 2. The van der Waals surface area contributed by atoms with Crippen molar-refractivity contribution < 1.29 is 0 Å². The highest BCUT2D eigenvalue weighted by Gasteiger charge is 2.31. The van der Waals surface area contributed by atoms with E-state index in [1.807, 2.05) is 0 Å². The number of likely N-dealkylation sites (tertiary alicyclic amines) is 1. The molecular formula is C18H38IN5. The third kappa shape index (κ3) is 8.34. The fourth-order valence-corrected chi connectivity index (χ4v) is 3.23. The number of piperidine rings is 1. The molecule has 24 heavy (non-hydrogen) atoms. The van der Waals surface area contributed by atoms with Gasteiger partial charge < -0.3 is 20.4 Å². The summed E-state index contributed by atoms with van der Waals surface area (Å²) in [6, 6.07) is 1.50. The van der Waals surface area contributed by atoms with Crippen LogP contribution in [0, 0.1) is 0 Å². The molecular weight excluding hydrogens is 413 g/mol. The third-order valence-corrected chi connectivity index (χ3v) is 4.92. The molecule has 0 amide bonds. The molecule has 2 aliphatic rings. The molecule has 0 unspecified atom stereocenters. The average molecular weight is 451 g/mol. The Kier molecular flexibility index (Phi) is 11.3. The van der Waals surface area contributed by atoms with Gasteiger partial charge in [0.2, 0.25) is 0 Å². The summed E-state index contributed by atoms with van der Waals surface area (Å²) >= 11 is 0. The molecule has 0 atom stereocenters. The van der Waals surface area contributed by atoms with Crippen LogP contribution in [0.3, 0.4) is 0 Å². The minimum atomic E-state index is 0. The second kappa shape index (κ2) is 12.3. The van der Waals surface area contributed by atoms with E-state index >= 15 is 0 Å². The highest BCUT2D eigenvalue weighted by molar-refractivity contribution is 14.0. The highest BCUT2D eigenvalue weighted by Crippen LogP contribution is 2.29. The van der Waals surface area contributed by atoms with E-state index < -0.39 is 0 Å². The van der Waals surface area contributed by atoms with Crippen LogP contribution in [0.15, 0.2) is 4.99 Å². The molecule has 5 nitrogen and oxygen atoms in total. The van der Waals surface area contributed by atoms with Crippen molar-refractivity contribution in [2.45, 2.75) is 64.5 Å². The average Bonchev–Trinajstić information content (AvgIpc) is 3.39. The van der Waals surface area contributed by atoms with Crippen LogP contribution in [-0.4, -0.2) is 74.2 Å². The molecule has 0 spiro atoms. The SMILES string of the molecule is CCCCN(C)CCN=C(NCC)NC1CCN(C2CC2)CC1.I. The summed E-state index contributed by atoms with van der Waals surface area (Å²) in [7, 11) is 2.19. The first-order chi connectivity index (χ1) is 11.2. The van der Waals surface area contributed by atoms with Crippen LogP contribution in [0.2, 0.25) is 0 Å². The summed E-state index contributed by atoms with van der Waals surface area (Å²) in [6.45, 7) is 10.9. The summed E-state index contributed by atoms with van der Waals surface area (Å²) in [6.07, 6.45) is 7.88. The van der Waals surface area contributed by atoms with Crippen LogP contribution in [0.5, 0.6) is 0 Å². The van der Waals surface area contributed by atoms with Gasteiger partial charge in [-0.25, -0.2) is 0 Å². The van der Waals surface area contributed by atoms with Gasteiger partial charge in [0.1, 0.15) is 0 Å².